The average molecular weight is 203 g/mol. The maximum Gasteiger partial charge on any atom is 0.204 e. The molecule has 0 amide bonds. The summed E-state index contributed by atoms with van der Waals surface area (Å²) in [5, 5.41) is 8.40. The molecule has 0 aromatic heterocycles. The molecule has 0 N–H and O–H groups in total. The van der Waals surface area contributed by atoms with Crippen LogP contribution in [-0.2, 0) is 9.09 Å². The van der Waals surface area contributed by atoms with Crippen LogP contribution in [0.4, 0.5) is 0 Å². The Morgan fingerprint density at radius 2 is 2.08 bits per heavy atom. The maximum atomic E-state index is 12.0. The SMILES string of the molecule is CCCCP(=O)(CCC#N)OCC. The molecule has 0 saturated heterocycles. The highest BCUT2D eigenvalue weighted by Crippen LogP contribution is 2.47. The Balaban J connectivity index is 4.01. The van der Waals surface area contributed by atoms with E-state index in [1.54, 1.807) is 0 Å². The second-order valence-electron chi connectivity index (χ2n) is 2.94. The predicted octanol–water partition coefficient (Wildman–Crippen LogP) is 3.01. The number of hydrogen-bond donors (Lipinski definition) is 0. The van der Waals surface area contributed by atoms with Gasteiger partial charge in [-0.2, -0.15) is 5.26 Å². The lowest BCUT2D eigenvalue weighted by Crippen LogP contribution is -1.99. The summed E-state index contributed by atoms with van der Waals surface area (Å²) in [7, 11) is -2.47. The van der Waals surface area contributed by atoms with Crippen molar-refractivity contribution in [2.24, 2.45) is 0 Å². The van der Waals surface area contributed by atoms with Gasteiger partial charge >= 0.3 is 0 Å². The monoisotopic (exact) mass is 203 g/mol. The van der Waals surface area contributed by atoms with Crippen LogP contribution in [0.5, 0.6) is 0 Å². The molecule has 0 aromatic rings. The molecule has 3 nitrogen and oxygen atoms in total. The van der Waals surface area contributed by atoms with Crippen LogP contribution < -0.4 is 0 Å². The van der Waals surface area contributed by atoms with Crippen LogP contribution >= 0.6 is 7.37 Å². The average Bonchev–Trinajstić information content (AvgIpc) is 2.12. The van der Waals surface area contributed by atoms with Gasteiger partial charge in [0, 0.05) is 18.7 Å². The van der Waals surface area contributed by atoms with Gasteiger partial charge in [0.1, 0.15) is 0 Å². The summed E-state index contributed by atoms with van der Waals surface area (Å²) in [6.07, 6.45) is 3.31. The smallest absolute Gasteiger partial charge is 0.204 e. The summed E-state index contributed by atoms with van der Waals surface area (Å²) < 4.78 is 17.2. The zero-order valence-corrected chi connectivity index (χ0v) is 9.35. The highest BCUT2D eigenvalue weighted by Gasteiger charge is 2.20. The third-order valence-corrected chi connectivity index (χ3v) is 4.41. The van der Waals surface area contributed by atoms with E-state index in [1.165, 1.54) is 0 Å². The minimum absolute atomic E-state index is 0.334. The topological polar surface area (TPSA) is 50.1 Å². The molecule has 0 aliphatic carbocycles. The number of nitrogens with zero attached hydrogens (tertiary/aromatic N) is 1. The zero-order chi connectivity index (χ0) is 10.2. The van der Waals surface area contributed by atoms with Crippen molar-refractivity contribution in [1.82, 2.24) is 0 Å². The summed E-state index contributed by atoms with van der Waals surface area (Å²) in [6, 6.07) is 2.01. The number of unbranched alkanes of at least 4 members (excludes halogenated alkanes) is 1. The molecule has 0 spiro atoms. The van der Waals surface area contributed by atoms with Gasteiger partial charge < -0.3 is 4.52 Å². The third kappa shape index (κ3) is 5.85. The van der Waals surface area contributed by atoms with Crippen molar-refractivity contribution in [2.45, 2.75) is 33.1 Å². The van der Waals surface area contributed by atoms with Crippen molar-refractivity contribution in [1.29, 1.82) is 5.26 Å². The van der Waals surface area contributed by atoms with Crippen LogP contribution in [0.2, 0.25) is 0 Å². The van der Waals surface area contributed by atoms with E-state index in [2.05, 4.69) is 6.92 Å². The predicted molar refractivity (Wildman–Crippen MR) is 54.1 cm³/mol. The Morgan fingerprint density at radius 3 is 2.54 bits per heavy atom. The van der Waals surface area contributed by atoms with E-state index in [0.717, 1.165) is 12.8 Å². The largest absolute Gasteiger partial charge is 0.329 e. The molecule has 0 aliphatic rings. The summed E-state index contributed by atoms with van der Waals surface area (Å²) in [4.78, 5) is 0. The van der Waals surface area contributed by atoms with Gasteiger partial charge in [-0.1, -0.05) is 13.3 Å². The van der Waals surface area contributed by atoms with E-state index >= 15 is 0 Å². The lowest BCUT2D eigenvalue weighted by atomic mass is 10.4. The van der Waals surface area contributed by atoms with Crippen LogP contribution in [0.15, 0.2) is 0 Å². The summed E-state index contributed by atoms with van der Waals surface area (Å²) in [5.74, 6) is 0. The lowest BCUT2D eigenvalue weighted by Gasteiger charge is -2.15. The van der Waals surface area contributed by atoms with Crippen LogP contribution in [0.3, 0.4) is 0 Å². The van der Waals surface area contributed by atoms with Crippen molar-refractivity contribution in [2.75, 3.05) is 18.9 Å². The summed E-state index contributed by atoms with van der Waals surface area (Å²) >= 11 is 0. The zero-order valence-electron chi connectivity index (χ0n) is 8.45. The van der Waals surface area contributed by atoms with E-state index in [9.17, 15) is 4.57 Å². The van der Waals surface area contributed by atoms with E-state index in [-0.39, 0.29) is 0 Å². The number of hydrogen-bond acceptors (Lipinski definition) is 3. The van der Waals surface area contributed by atoms with Gasteiger partial charge in [0.05, 0.1) is 12.7 Å². The Bertz CT molecular complexity index is 210. The molecule has 0 aromatic carbocycles. The first-order valence-electron chi connectivity index (χ1n) is 4.78. The van der Waals surface area contributed by atoms with Gasteiger partial charge in [-0.25, -0.2) is 0 Å². The summed E-state index contributed by atoms with van der Waals surface area (Å²) in [5.41, 5.74) is 0. The molecule has 0 saturated carbocycles. The molecule has 0 heterocycles. The molecule has 0 aliphatic heterocycles. The minimum Gasteiger partial charge on any atom is -0.329 e. The normalized spacial score (nSPS) is 14.8. The van der Waals surface area contributed by atoms with Gasteiger partial charge in [-0.15, -0.1) is 0 Å². The summed E-state index contributed by atoms with van der Waals surface area (Å²) in [6.45, 7) is 4.37. The van der Waals surface area contributed by atoms with Gasteiger partial charge in [0.25, 0.3) is 0 Å². The number of nitriles is 1. The molecule has 13 heavy (non-hydrogen) atoms. The van der Waals surface area contributed by atoms with Crippen molar-refractivity contribution < 1.29 is 9.09 Å². The molecular weight excluding hydrogens is 185 g/mol. The highest BCUT2D eigenvalue weighted by molar-refractivity contribution is 7.58. The Hall–Kier alpha value is -0.320. The minimum atomic E-state index is -2.47. The molecule has 0 radical (unpaired) electrons. The fourth-order valence-corrected chi connectivity index (χ4v) is 3.29. The Kier molecular flexibility index (Phi) is 6.94. The molecule has 0 bridgehead atoms. The molecule has 0 fully saturated rings. The Labute approximate surface area is 80.5 Å². The van der Waals surface area contributed by atoms with E-state index in [4.69, 9.17) is 9.79 Å². The first-order chi connectivity index (χ1) is 6.18. The molecular formula is C9H18NO2P. The van der Waals surface area contributed by atoms with Gasteiger partial charge in [-0.3, -0.25) is 4.57 Å². The Morgan fingerprint density at radius 1 is 1.38 bits per heavy atom. The molecule has 4 heteroatoms. The fourth-order valence-electron chi connectivity index (χ4n) is 1.10. The van der Waals surface area contributed by atoms with Crippen molar-refractivity contribution in [3.63, 3.8) is 0 Å². The van der Waals surface area contributed by atoms with Gasteiger partial charge in [0.2, 0.25) is 7.37 Å². The van der Waals surface area contributed by atoms with Crippen molar-refractivity contribution in [3.8, 4) is 6.07 Å². The van der Waals surface area contributed by atoms with E-state index in [1.807, 2.05) is 13.0 Å². The molecule has 0 rings (SSSR count). The number of rotatable bonds is 7. The van der Waals surface area contributed by atoms with Crippen LogP contribution in [0.25, 0.3) is 0 Å². The molecule has 76 valence electrons. The molecule has 1 atom stereocenters. The second kappa shape index (κ2) is 7.12. The standard InChI is InChI=1S/C9H18NO2P/c1-3-5-8-13(11,12-4-2)9-6-7-10/h3-6,8-9H2,1-2H3. The van der Waals surface area contributed by atoms with Crippen LogP contribution in [0.1, 0.15) is 33.1 Å². The first kappa shape index (κ1) is 12.7. The van der Waals surface area contributed by atoms with Gasteiger partial charge in [0.15, 0.2) is 0 Å². The van der Waals surface area contributed by atoms with E-state index < -0.39 is 7.37 Å². The first-order valence-corrected chi connectivity index (χ1v) is 6.77. The molecule has 1 unspecified atom stereocenters. The highest BCUT2D eigenvalue weighted by atomic mass is 31.2. The quantitative estimate of drug-likeness (QED) is 0.597. The van der Waals surface area contributed by atoms with Crippen molar-refractivity contribution >= 4 is 7.37 Å². The van der Waals surface area contributed by atoms with Gasteiger partial charge in [-0.05, 0) is 13.3 Å². The van der Waals surface area contributed by atoms with E-state index in [0.29, 0.717) is 25.4 Å². The van der Waals surface area contributed by atoms with Crippen molar-refractivity contribution in [3.05, 3.63) is 0 Å². The lowest BCUT2D eigenvalue weighted by molar-refractivity contribution is 0.332. The second-order valence-corrected chi connectivity index (χ2v) is 5.72. The van der Waals surface area contributed by atoms with Crippen LogP contribution in [0, 0.1) is 11.3 Å². The third-order valence-electron chi connectivity index (χ3n) is 1.78. The maximum absolute atomic E-state index is 12.0. The fraction of sp³-hybridized carbons (Fsp3) is 0.889. The van der Waals surface area contributed by atoms with Crippen LogP contribution in [-0.4, -0.2) is 18.9 Å².